The Labute approximate surface area is 227 Å². The number of amides is 2. The molecule has 1 unspecified atom stereocenters. The van der Waals surface area contributed by atoms with Gasteiger partial charge in [-0.15, -0.1) is 0 Å². The predicted molar refractivity (Wildman–Crippen MR) is 150 cm³/mol. The van der Waals surface area contributed by atoms with Crippen LogP contribution in [0.4, 0.5) is 0 Å². The van der Waals surface area contributed by atoms with Crippen molar-refractivity contribution in [1.82, 2.24) is 20.5 Å². The molecule has 1 fully saturated rings. The van der Waals surface area contributed by atoms with Gasteiger partial charge in [-0.3, -0.25) is 24.3 Å². The molecule has 5 rings (SSSR count). The molecule has 1 aliphatic heterocycles. The maximum absolute atomic E-state index is 13.3. The lowest BCUT2D eigenvalue weighted by Crippen LogP contribution is -2.52. The summed E-state index contributed by atoms with van der Waals surface area (Å²) in [6, 6.07) is 19.7. The number of aromatic nitrogens is 1. The normalized spacial score (nSPS) is 17.3. The summed E-state index contributed by atoms with van der Waals surface area (Å²) >= 11 is 0. The summed E-state index contributed by atoms with van der Waals surface area (Å²) in [7, 11) is 0. The molecule has 2 aromatic heterocycles. The zero-order valence-electron chi connectivity index (χ0n) is 22.4. The highest BCUT2D eigenvalue weighted by Crippen LogP contribution is 2.20. The van der Waals surface area contributed by atoms with Gasteiger partial charge in [-0.05, 0) is 56.0 Å². The van der Waals surface area contributed by atoms with Crippen molar-refractivity contribution in [2.24, 2.45) is 5.92 Å². The fraction of sp³-hybridized carbons (Fsp3) is 0.355. The molecule has 4 aromatic rings. The zero-order chi connectivity index (χ0) is 27.4. The zero-order valence-corrected chi connectivity index (χ0v) is 22.4. The van der Waals surface area contributed by atoms with Crippen LogP contribution in [-0.2, 0) is 16.1 Å². The Morgan fingerprint density at radius 2 is 1.82 bits per heavy atom. The molecule has 8 heteroatoms. The highest BCUT2D eigenvalue weighted by molar-refractivity contribution is 5.99. The van der Waals surface area contributed by atoms with Crippen molar-refractivity contribution in [1.29, 1.82) is 0 Å². The number of carbonyl (C=O) groups is 3. The second-order valence-corrected chi connectivity index (χ2v) is 10.7. The first kappa shape index (κ1) is 26.6. The Morgan fingerprint density at radius 3 is 2.62 bits per heavy atom. The number of ketones is 1. The molecule has 2 N–H and O–H groups in total. The molecular weight excluding hydrogens is 492 g/mol. The Hall–Kier alpha value is -4.04. The summed E-state index contributed by atoms with van der Waals surface area (Å²) in [6.07, 6.45) is 1.76. The van der Waals surface area contributed by atoms with Crippen molar-refractivity contribution < 1.29 is 18.8 Å². The van der Waals surface area contributed by atoms with E-state index in [1.165, 1.54) is 0 Å². The highest BCUT2D eigenvalue weighted by Gasteiger charge is 2.30. The Kier molecular flexibility index (Phi) is 8.02. The maximum Gasteiger partial charge on any atom is 0.287 e. The molecule has 0 aliphatic carbocycles. The van der Waals surface area contributed by atoms with Gasteiger partial charge in [0, 0.05) is 17.3 Å². The van der Waals surface area contributed by atoms with Crippen LogP contribution in [0.5, 0.6) is 0 Å². The van der Waals surface area contributed by atoms with Gasteiger partial charge in [0.2, 0.25) is 5.91 Å². The number of benzene rings is 2. The number of likely N-dealkylation sites (tertiary alicyclic amines) is 1. The van der Waals surface area contributed by atoms with Gasteiger partial charge in [-0.25, -0.2) is 0 Å². The van der Waals surface area contributed by atoms with Gasteiger partial charge < -0.3 is 15.1 Å². The van der Waals surface area contributed by atoms with Crippen LogP contribution < -0.4 is 10.6 Å². The average Bonchev–Trinajstić information content (AvgIpc) is 3.28. The molecule has 39 heavy (non-hydrogen) atoms. The first-order chi connectivity index (χ1) is 18.9. The van der Waals surface area contributed by atoms with E-state index in [1.54, 1.807) is 12.1 Å². The van der Waals surface area contributed by atoms with Gasteiger partial charge in [0.1, 0.15) is 11.6 Å². The summed E-state index contributed by atoms with van der Waals surface area (Å²) in [5, 5.41) is 7.66. The van der Waals surface area contributed by atoms with E-state index in [0.29, 0.717) is 25.0 Å². The first-order valence-electron chi connectivity index (χ1n) is 13.6. The Bertz CT molecular complexity index is 1460. The lowest BCUT2D eigenvalue weighted by molar-refractivity contribution is -0.129. The number of nitrogens with one attached hydrogen (secondary N) is 2. The molecule has 202 valence electrons. The Morgan fingerprint density at radius 1 is 1.05 bits per heavy atom. The molecule has 2 amide bonds. The van der Waals surface area contributed by atoms with E-state index >= 15 is 0 Å². The number of rotatable bonds is 8. The van der Waals surface area contributed by atoms with Crippen LogP contribution in [0.2, 0.25) is 0 Å². The smallest absolute Gasteiger partial charge is 0.287 e. The van der Waals surface area contributed by atoms with Gasteiger partial charge in [0.25, 0.3) is 5.91 Å². The van der Waals surface area contributed by atoms with Crippen LogP contribution in [0.3, 0.4) is 0 Å². The van der Waals surface area contributed by atoms with Gasteiger partial charge in [0.15, 0.2) is 11.5 Å². The molecule has 8 nitrogen and oxygen atoms in total. The van der Waals surface area contributed by atoms with Gasteiger partial charge in [-0.2, -0.15) is 0 Å². The van der Waals surface area contributed by atoms with Crippen LogP contribution >= 0.6 is 0 Å². The molecule has 0 saturated carbocycles. The first-order valence-corrected chi connectivity index (χ1v) is 13.6. The monoisotopic (exact) mass is 526 g/mol. The van der Waals surface area contributed by atoms with Gasteiger partial charge in [-0.1, -0.05) is 56.3 Å². The fourth-order valence-electron chi connectivity index (χ4n) is 5.10. The second kappa shape index (κ2) is 11.8. The van der Waals surface area contributed by atoms with E-state index in [0.717, 1.165) is 34.9 Å². The maximum atomic E-state index is 13.3. The minimum Gasteiger partial charge on any atom is -0.451 e. The van der Waals surface area contributed by atoms with Crippen LogP contribution in [-0.4, -0.2) is 52.7 Å². The van der Waals surface area contributed by atoms with Crippen molar-refractivity contribution >= 4 is 39.5 Å². The second-order valence-electron chi connectivity index (χ2n) is 10.7. The van der Waals surface area contributed by atoms with E-state index in [1.807, 2.05) is 62.4 Å². The standard InChI is InChI=1S/C31H34N4O4/c1-20(2)16-26(34-31(38)29-17-22-9-4-6-12-28(22)39-29)30(37)33-25-11-7-15-35(19-27(25)36)18-23-14-13-21-8-3-5-10-24(21)32-23/h3-6,8-10,12-14,17,20,25-26H,7,11,15-16,18-19H2,1-2H3,(H,33,37)(H,34,38)/t25?,26-/m0/s1. The summed E-state index contributed by atoms with van der Waals surface area (Å²) in [6.45, 7) is 5.53. The SMILES string of the molecule is CC(C)C[C@H](NC(=O)c1cc2ccccc2o1)C(=O)NC1CCCN(Cc2ccc3ccccc3n2)CC1=O. The van der Waals surface area contributed by atoms with E-state index in [2.05, 4.69) is 21.6 Å². The number of hydrogen-bond donors (Lipinski definition) is 2. The summed E-state index contributed by atoms with van der Waals surface area (Å²) in [5.74, 6) is -0.522. The molecule has 2 aromatic carbocycles. The number of Topliss-reactive ketones (excluding diaryl/α,β-unsaturated/α-hetero) is 1. The highest BCUT2D eigenvalue weighted by atomic mass is 16.3. The summed E-state index contributed by atoms with van der Waals surface area (Å²) in [4.78, 5) is 46.3. The lowest BCUT2D eigenvalue weighted by atomic mass is 10.0. The minimum atomic E-state index is -0.778. The van der Waals surface area contributed by atoms with E-state index in [4.69, 9.17) is 9.40 Å². The third-order valence-corrected chi connectivity index (χ3v) is 7.07. The summed E-state index contributed by atoms with van der Waals surface area (Å²) in [5.41, 5.74) is 2.46. The predicted octanol–water partition coefficient (Wildman–Crippen LogP) is 4.48. The van der Waals surface area contributed by atoms with Crippen LogP contribution in [0.25, 0.3) is 21.9 Å². The van der Waals surface area contributed by atoms with Crippen molar-refractivity contribution in [2.45, 2.75) is 51.7 Å². The van der Waals surface area contributed by atoms with E-state index in [9.17, 15) is 14.4 Å². The van der Waals surface area contributed by atoms with Crippen molar-refractivity contribution in [2.75, 3.05) is 13.1 Å². The number of furan rings is 1. The van der Waals surface area contributed by atoms with E-state index in [-0.39, 0.29) is 29.9 Å². The molecule has 0 bridgehead atoms. The van der Waals surface area contributed by atoms with Gasteiger partial charge >= 0.3 is 0 Å². The van der Waals surface area contributed by atoms with Crippen molar-refractivity contribution in [3.05, 3.63) is 78.2 Å². The minimum absolute atomic E-state index is 0.0338. The summed E-state index contributed by atoms with van der Waals surface area (Å²) < 4.78 is 5.67. The quantitative estimate of drug-likeness (QED) is 0.351. The number of hydrogen-bond acceptors (Lipinski definition) is 6. The van der Waals surface area contributed by atoms with Crippen LogP contribution in [0.15, 0.2) is 71.1 Å². The molecule has 1 aliphatic rings. The molecule has 3 heterocycles. The fourth-order valence-corrected chi connectivity index (χ4v) is 5.10. The average molecular weight is 527 g/mol. The molecular formula is C31H34N4O4. The largest absolute Gasteiger partial charge is 0.451 e. The van der Waals surface area contributed by atoms with Crippen molar-refractivity contribution in [3.63, 3.8) is 0 Å². The van der Waals surface area contributed by atoms with Crippen molar-refractivity contribution in [3.8, 4) is 0 Å². The molecule has 0 radical (unpaired) electrons. The number of pyridine rings is 1. The number of fused-ring (bicyclic) bond motifs is 2. The van der Waals surface area contributed by atoms with Gasteiger partial charge in [0.05, 0.1) is 23.8 Å². The molecule has 0 spiro atoms. The molecule has 2 atom stereocenters. The van der Waals surface area contributed by atoms with E-state index < -0.39 is 18.0 Å². The number of para-hydroxylation sites is 2. The lowest BCUT2D eigenvalue weighted by Gasteiger charge is -2.23. The topological polar surface area (TPSA) is 105 Å². The third kappa shape index (κ3) is 6.52. The number of carbonyl (C=O) groups excluding carboxylic acids is 3. The third-order valence-electron chi connectivity index (χ3n) is 7.07. The number of nitrogens with zero attached hydrogens (tertiary/aromatic N) is 2. The Balaban J connectivity index is 1.21. The van der Waals surface area contributed by atoms with Crippen LogP contribution in [0, 0.1) is 5.92 Å². The molecule has 1 saturated heterocycles. The van der Waals surface area contributed by atoms with Crippen LogP contribution in [0.1, 0.15) is 49.4 Å².